The van der Waals surface area contributed by atoms with E-state index in [1.54, 1.807) is 7.11 Å². The van der Waals surface area contributed by atoms with Crippen LogP contribution in [0.15, 0.2) is 27.7 Å². The Kier molecular flexibility index (Phi) is 10.3. The molecular weight excluding hydrogens is 533 g/mol. The van der Waals surface area contributed by atoms with Gasteiger partial charge >= 0.3 is 0 Å². The number of rotatable bonds is 7. The molecule has 1 aromatic heterocycles. The van der Waals surface area contributed by atoms with E-state index in [1.165, 1.54) is 11.3 Å². The van der Waals surface area contributed by atoms with Crippen molar-refractivity contribution >= 4 is 45.9 Å². The summed E-state index contributed by atoms with van der Waals surface area (Å²) in [6.07, 6.45) is 0.907. The highest BCUT2D eigenvalue weighted by atomic mass is 127. The molecular formula is C20H31BrIN5O. The third kappa shape index (κ3) is 6.65. The van der Waals surface area contributed by atoms with Crippen LogP contribution in [0.5, 0.6) is 5.75 Å². The minimum absolute atomic E-state index is 0. The molecule has 6 nitrogen and oxygen atoms in total. The fraction of sp³-hybridized carbons (Fsp3) is 0.500. The number of aromatic nitrogens is 2. The number of hydrogen-bond acceptors (Lipinski definition) is 3. The first-order chi connectivity index (χ1) is 12.8. The first kappa shape index (κ1) is 24.7. The lowest BCUT2D eigenvalue weighted by Crippen LogP contribution is -2.43. The van der Waals surface area contributed by atoms with Crippen LogP contribution in [0.4, 0.5) is 0 Å². The van der Waals surface area contributed by atoms with Gasteiger partial charge in [-0.15, -0.1) is 24.0 Å². The van der Waals surface area contributed by atoms with Gasteiger partial charge in [0.2, 0.25) is 0 Å². The van der Waals surface area contributed by atoms with E-state index in [1.807, 2.05) is 29.9 Å². The van der Waals surface area contributed by atoms with E-state index in [0.717, 1.165) is 40.4 Å². The van der Waals surface area contributed by atoms with Gasteiger partial charge < -0.3 is 15.4 Å². The van der Waals surface area contributed by atoms with Crippen molar-refractivity contribution in [1.82, 2.24) is 20.4 Å². The molecule has 0 bridgehead atoms. The minimum Gasteiger partial charge on any atom is -0.496 e. The molecule has 0 aliphatic heterocycles. The van der Waals surface area contributed by atoms with Crippen molar-refractivity contribution in [2.45, 2.75) is 46.7 Å². The van der Waals surface area contributed by atoms with Gasteiger partial charge in [0.15, 0.2) is 5.96 Å². The maximum Gasteiger partial charge on any atom is 0.191 e. The Morgan fingerprint density at radius 1 is 1.36 bits per heavy atom. The summed E-state index contributed by atoms with van der Waals surface area (Å²) in [7, 11) is 3.65. The molecule has 0 saturated carbocycles. The van der Waals surface area contributed by atoms with Crippen LogP contribution in [0.25, 0.3) is 0 Å². The number of methoxy groups -OCH3 is 1. The second-order valence-corrected chi connectivity index (χ2v) is 7.54. The van der Waals surface area contributed by atoms with Crippen molar-refractivity contribution < 1.29 is 4.74 Å². The third-order valence-electron chi connectivity index (χ3n) is 4.53. The van der Waals surface area contributed by atoms with E-state index in [2.05, 4.69) is 59.4 Å². The smallest absolute Gasteiger partial charge is 0.191 e. The first-order valence-electron chi connectivity index (χ1n) is 9.22. The predicted octanol–water partition coefficient (Wildman–Crippen LogP) is 4.11. The number of nitrogens with zero attached hydrogens (tertiary/aromatic N) is 3. The van der Waals surface area contributed by atoms with Crippen LogP contribution in [0, 0.1) is 13.8 Å². The number of ether oxygens (including phenoxy) is 1. The van der Waals surface area contributed by atoms with Gasteiger partial charge in [0.05, 0.1) is 23.8 Å². The van der Waals surface area contributed by atoms with Gasteiger partial charge in [-0.3, -0.25) is 4.68 Å². The van der Waals surface area contributed by atoms with E-state index in [4.69, 9.17) is 9.73 Å². The molecule has 1 heterocycles. The molecule has 1 unspecified atom stereocenters. The van der Waals surface area contributed by atoms with E-state index in [-0.39, 0.29) is 30.0 Å². The van der Waals surface area contributed by atoms with Crippen LogP contribution in [0.2, 0.25) is 0 Å². The number of nitrogens with one attached hydrogen (secondary N) is 2. The average Bonchev–Trinajstić information content (AvgIpc) is 2.86. The number of benzene rings is 1. The Balaban J connectivity index is 0.00000392. The van der Waals surface area contributed by atoms with Crippen molar-refractivity contribution in [3.63, 3.8) is 0 Å². The van der Waals surface area contributed by atoms with Gasteiger partial charge in [-0.05, 0) is 73.3 Å². The molecule has 0 spiro atoms. The largest absolute Gasteiger partial charge is 0.496 e. The number of aryl methyl sites for hydroxylation is 2. The van der Waals surface area contributed by atoms with Gasteiger partial charge in [0, 0.05) is 25.3 Å². The maximum absolute atomic E-state index is 5.28. The average molecular weight is 564 g/mol. The molecule has 0 aliphatic rings. The van der Waals surface area contributed by atoms with Crippen molar-refractivity contribution in [2.24, 2.45) is 12.0 Å². The fourth-order valence-electron chi connectivity index (χ4n) is 3.00. The van der Waals surface area contributed by atoms with E-state index in [9.17, 15) is 0 Å². The Bertz CT molecular complexity index is 806. The topological polar surface area (TPSA) is 63.5 Å². The monoisotopic (exact) mass is 563 g/mol. The summed E-state index contributed by atoms with van der Waals surface area (Å²) >= 11 is 3.53. The molecule has 28 heavy (non-hydrogen) atoms. The van der Waals surface area contributed by atoms with E-state index < -0.39 is 0 Å². The molecule has 0 saturated heterocycles. The minimum atomic E-state index is 0. The van der Waals surface area contributed by atoms with E-state index >= 15 is 0 Å². The summed E-state index contributed by atoms with van der Waals surface area (Å²) in [5, 5.41) is 11.3. The molecule has 1 atom stereocenters. The molecule has 156 valence electrons. The quantitative estimate of drug-likeness (QED) is 0.302. The van der Waals surface area contributed by atoms with Crippen LogP contribution < -0.4 is 15.4 Å². The van der Waals surface area contributed by atoms with Crippen molar-refractivity contribution in [3.8, 4) is 5.75 Å². The Morgan fingerprint density at radius 2 is 2.07 bits per heavy atom. The highest BCUT2D eigenvalue weighted by Gasteiger charge is 2.14. The molecule has 2 aromatic rings. The zero-order valence-corrected chi connectivity index (χ0v) is 21.4. The summed E-state index contributed by atoms with van der Waals surface area (Å²) in [4.78, 5) is 4.72. The third-order valence-corrected chi connectivity index (χ3v) is 5.15. The zero-order valence-electron chi connectivity index (χ0n) is 17.5. The lowest BCUT2D eigenvalue weighted by atomic mass is 10.1. The molecule has 2 N–H and O–H groups in total. The highest BCUT2D eigenvalue weighted by molar-refractivity contribution is 14.0. The van der Waals surface area contributed by atoms with Gasteiger partial charge in [-0.2, -0.15) is 5.10 Å². The lowest BCUT2D eigenvalue weighted by molar-refractivity contribution is 0.412. The van der Waals surface area contributed by atoms with Crippen LogP contribution >= 0.6 is 39.9 Å². The van der Waals surface area contributed by atoms with Crippen molar-refractivity contribution in [1.29, 1.82) is 0 Å². The maximum atomic E-state index is 5.28. The lowest BCUT2D eigenvalue weighted by Gasteiger charge is -2.18. The standard InChI is InChI=1S/C20H30BrN5O.HI/c1-7-22-20(23-12-16-8-9-19(27-6)18(21)11-16)24-13(2)10-17-14(3)25-26(5)15(17)4;/h8-9,11,13H,7,10,12H2,1-6H3,(H2,22,23,24);1H. The Hall–Kier alpha value is -1.29. The number of halogens is 2. The number of aliphatic imine (C=N–C) groups is 1. The van der Waals surface area contributed by atoms with Crippen LogP contribution in [-0.4, -0.2) is 35.4 Å². The molecule has 1 aromatic carbocycles. The Morgan fingerprint density at radius 3 is 2.61 bits per heavy atom. The molecule has 0 radical (unpaired) electrons. The number of guanidine groups is 1. The summed E-state index contributed by atoms with van der Waals surface area (Å²) in [5.74, 6) is 1.64. The zero-order chi connectivity index (χ0) is 20.0. The molecule has 2 rings (SSSR count). The summed E-state index contributed by atoms with van der Waals surface area (Å²) in [6.45, 7) is 9.83. The molecule has 8 heteroatoms. The van der Waals surface area contributed by atoms with Crippen LogP contribution in [0.3, 0.4) is 0 Å². The summed E-state index contributed by atoms with van der Waals surface area (Å²) in [5.41, 5.74) is 4.72. The predicted molar refractivity (Wildman–Crippen MR) is 130 cm³/mol. The fourth-order valence-corrected chi connectivity index (χ4v) is 3.59. The second-order valence-electron chi connectivity index (χ2n) is 6.69. The van der Waals surface area contributed by atoms with Crippen LogP contribution in [0.1, 0.15) is 36.4 Å². The van der Waals surface area contributed by atoms with Gasteiger partial charge in [-0.1, -0.05) is 6.07 Å². The normalized spacial score (nSPS) is 12.3. The van der Waals surface area contributed by atoms with Crippen LogP contribution in [-0.2, 0) is 20.0 Å². The SMILES string of the molecule is CCNC(=NCc1ccc(OC)c(Br)c1)NC(C)Cc1c(C)nn(C)c1C.I. The van der Waals surface area contributed by atoms with E-state index in [0.29, 0.717) is 6.54 Å². The van der Waals surface area contributed by atoms with Crippen molar-refractivity contribution in [2.75, 3.05) is 13.7 Å². The second kappa shape index (κ2) is 11.6. The summed E-state index contributed by atoms with van der Waals surface area (Å²) < 4.78 is 8.16. The molecule has 0 fully saturated rings. The Labute approximate surface area is 193 Å². The summed E-state index contributed by atoms with van der Waals surface area (Å²) in [6, 6.07) is 6.26. The number of hydrogen-bond donors (Lipinski definition) is 2. The van der Waals surface area contributed by atoms with Gasteiger partial charge in [0.1, 0.15) is 5.75 Å². The van der Waals surface area contributed by atoms with Gasteiger partial charge in [-0.25, -0.2) is 4.99 Å². The molecule has 0 aliphatic carbocycles. The van der Waals surface area contributed by atoms with Gasteiger partial charge in [0.25, 0.3) is 0 Å². The van der Waals surface area contributed by atoms with Crippen molar-refractivity contribution in [3.05, 3.63) is 45.2 Å². The first-order valence-corrected chi connectivity index (χ1v) is 10.0. The highest BCUT2D eigenvalue weighted by Crippen LogP contribution is 2.25. The molecule has 0 amide bonds.